The van der Waals surface area contributed by atoms with Gasteiger partial charge in [-0.05, 0) is 31.3 Å². The van der Waals surface area contributed by atoms with E-state index in [0.717, 1.165) is 24.9 Å². The molecule has 0 spiro atoms. The predicted octanol–water partition coefficient (Wildman–Crippen LogP) is 1.77. The van der Waals surface area contributed by atoms with Crippen LogP contribution < -0.4 is 5.32 Å². The fourth-order valence-electron chi connectivity index (χ4n) is 2.46. The molecule has 2 unspecified atom stereocenters. The van der Waals surface area contributed by atoms with E-state index in [9.17, 15) is 0 Å². The maximum atomic E-state index is 4.08. The molecular formula is C12H15N3. The Labute approximate surface area is 89.6 Å². The summed E-state index contributed by atoms with van der Waals surface area (Å²) in [6, 6.07) is 1.47. The molecule has 2 atom stereocenters. The van der Waals surface area contributed by atoms with E-state index < -0.39 is 0 Å². The van der Waals surface area contributed by atoms with Gasteiger partial charge in [-0.2, -0.15) is 0 Å². The van der Waals surface area contributed by atoms with Crippen LogP contribution in [0.15, 0.2) is 24.8 Å². The predicted molar refractivity (Wildman–Crippen MR) is 59.2 cm³/mol. The molecule has 0 aromatic carbocycles. The van der Waals surface area contributed by atoms with Gasteiger partial charge in [0.25, 0.3) is 0 Å². The van der Waals surface area contributed by atoms with Crippen LogP contribution in [0.2, 0.25) is 0 Å². The van der Waals surface area contributed by atoms with Crippen molar-refractivity contribution in [3.63, 3.8) is 0 Å². The Morgan fingerprint density at radius 3 is 2.80 bits per heavy atom. The number of nitrogens with zero attached hydrogens (tertiary/aromatic N) is 2. The average Bonchev–Trinajstić information content (AvgIpc) is 2.15. The Morgan fingerprint density at radius 2 is 2.00 bits per heavy atom. The number of hydrogen-bond acceptors (Lipinski definition) is 3. The van der Waals surface area contributed by atoms with Gasteiger partial charge in [-0.15, -0.1) is 0 Å². The first-order valence-corrected chi connectivity index (χ1v) is 5.62. The summed E-state index contributed by atoms with van der Waals surface area (Å²) in [7, 11) is 0. The monoisotopic (exact) mass is 201 g/mol. The van der Waals surface area contributed by atoms with E-state index in [2.05, 4.69) is 21.4 Å². The molecule has 1 fully saturated rings. The fraction of sp³-hybridized carbons (Fsp3) is 0.500. The van der Waals surface area contributed by atoms with Crippen LogP contribution in [0.4, 0.5) is 0 Å². The number of fused-ring (bicyclic) bond motifs is 3. The van der Waals surface area contributed by atoms with Crippen molar-refractivity contribution in [1.82, 2.24) is 15.3 Å². The van der Waals surface area contributed by atoms with Crippen molar-refractivity contribution in [2.45, 2.75) is 37.8 Å². The lowest BCUT2D eigenvalue weighted by Crippen LogP contribution is -2.52. The zero-order chi connectivity index (χ0) is 10.1. The van der Waals surface area contributed by atoms with E-state index in [1.807, 2.05) is 12.4 Å². The molecule has 2 aliphatic heterocycles. The highest BCUT2D eigenvalue weighted by molar-refractivity contribution is 5.64. The summed E-state index contributed by atoms with van der Waals surface area (Å²) in [6.07, 6.45) is 12.7. The standard InChI is InChI=1S/C12H15N3/c1-3-11-5-12(15-11)4-2-9(1)10-6-13-8-14-7-10/h1,6-8,11-12,15H,2-5H2. The summed E-state index contributed by atoms with van der Waals surface area (Å²) in [5.41, 5.74) is 2.62. The Kier molecular flexibility index (Phi) is 2.25. The normalized spacial score (nSPS) is 29.7. The Bertz CT molecular complexity index is 366. The first-order chi connectivity index (χ1) is 7.42. The first kappa shape index (κ1) is 9.04. The number of allylic oxidation sites excluding steroid dienone is 1. The quantitative estimate of drug-likeness (QED) is 0.752. The van der Waals surface area contributed by atoms with Crippen LogP contribution in [0.5, 0.6) is 0 Å². The van der Waals surface area contributed by atoms with Crippen molar-refractivity contribution in [3.8, 4) is 0 Å². The van der Waals surface area contributed by atoms with E-state index in [-0.39, 0.29) is 0 Å². The third kappa shape index (κ3) is 1.79. The molecule has 0 amide bonds. The average molecular weight is 201 g/mol. The summed E-state index contributed by atoms with van der Waals surface area (Å²) in [4.78, 5) is 8.15. The third-order valence-electron chi connectivity index (χ3n) is 3.38. The maximum absolute atomic E-state index is 4.08. The van der Waals surface area contributed by atoms with E-state index in [4.69, 9.17) is 0 Å². The summed E-state index contributed by atoms with van der Waals surface area (Å²) < 4.78 is 0. The second kappa shape index (κ2) is 3.74. The lowest BCUT2D eigenvalue weighted by molar-refractivity contribution is 0.251. The molecule has 15 heavy (non-hydrogen) atoms. The van der Waals surface area contributed by atoms with E-state index >= 15 is 0 Å². The summed E-state index contributed by atoms with van der Waals surface area (Å²) in [6.45, 7) is 0. The van der Waals surface area contributed by atoms with Crippen LogP contribution in [0, 0.1) is 0 Å². The van der Waals surface area contributed by atoms with Gasteiger partial charge in [0.05, 0.1) is 0 Å². The minimum Gasteiger partial charge on any atom is -0.311 e. The number of rotatable bonds is 1. The minimum atomic E-state index is 0.718. The van der Waals surface area contributed by atoms with Gasteiger partial charge < -0.3 is 5.32 Å². The molecule has 1 aliphatic carbocycles. The van der Waals surface area contributed by atoms with Crippen molar-refractivity contribution in [3.05, 3.63) is 30.4 Å². The van der Waals surface area contributed by atoms with Gasteiger partial charge in [-0.3, -0.25) is 0 Å². The molecule has 1 aromatic heterocycles. The third-order valence-corrected chi connectivity index (χ3v) is 3.38. The molecule has 3 nitrogen and oxygen atoms in total. The van der Waals surface area contributed by atoms with E-state index in [1.165, 1.54) is 24.0 Å². The smallest absolute Gasteiger partial charge is 0.115 e. The first-order valence-electron chi connectivity index (χ1n) is 5.62. The number of hydrogen-bond donors (Lipinski definition) is 1. The Hall–Kier alpha value is -1.22. The molecule has 1 aromatic rings. The van der Waals surface area contributed by atoms with Gasteiger partial charge in [0.2, 0.25) is 0 Å². The fourth-order valence-corrected chi connectivity index (χ4v) is 2.46. The molecule has 78 valence electrons. The minimum absolute atomic E-state index is 0.718. The van der Waals surface area contributed by atoms with Gasteiger partial charge in [0.1, 0.15) is 6.33 Å². The van der Waals surface area contributed by atoms with Crippen LogP contribution in [0.3, 0.4) is 0 Å². The second-order valence-corrected chi connectivity index (χ2v) is 4.43. The lowest BCUT2D eigenvalue weighted by Gasteiger charge is -2.39. The molecule has 2 bridgehead atoms. The molecule has 3 aliphatic rings. The zero-order valence-corrected chi connectivity index (χ0v) is 8.69. The lowest BCUT2D eigenvalue weighted by atomic mass is 9.85. The van der Waals surface area contributed by atoms with Gasteiger partial charge in [-0.25, -0.2) is 9.97 Å². The Morgan fingerprint density at radius 1 is 1.20 bits per heavy atom. The molecule has 3 heteroatoms. The van der Waals surface area contributed by atoms with E-state index in [1.54, 1.807) is 6.33 Å². The number of nitrogens with one attached hydrogen (secondary N) is 1. The molecule has 1 saturated heterocycles. The van der Waals surface area contributed by atoms with Gasteiger partial charge in [0.15, 0.2) is 0 Å². The summed E-state index contributed by atoms with van der Waals surface area (Å²) in [5.74, 6) is 0. The van der Waals surface area contributed by atoms with Crippen LogP contribution in [0.25, 0.3) is 5.57 Å². The van der Waals surface area contributed by atoms with E-state index in [0.29, 0.717) is 0 Å². The van der Waals surface area contributed by atoms with Crippen LogP contribution in [-0.4, -0.2) is 22.1 Å². The highest BCUT2D eigenvalue weighted by Gasteiger charge is 2.28. The van der Waals surface area contributed by atoms with Gasteiger partial charge >= 0.3 is 0 Å². The SMILES string of the molecule is C1=C(c2cncnc2)CCC2CC(C1)N2. The van der Waals surface area contributed by atoms with Crippen molar-refractivity contribution in [2.75, 3.05) is 0 Å². The molecule has 3 heterocycles. The molecular weight excluding hydrogens is 186 g/mol. The van der Waals surface area contributed by atoms with Crippen molar-refractivity contribution < 1.29 is 0 Å². The molecule has 0 saturated carbocycles. The largest absolute Gasteiger partial charge is 0.311 e. The molecule has 4 rings (SSSR count). The van der Waals surface area contributed by atoms with Crippen LogP contribution in [0.1, 0.15) is 31.2 Å². The summed E-state index contributed by atoms with van der Waals surface area (Å²) in [5, 5.41) is 3.58. The second-order valence-electron chi connectivity index (χ2n) is 4.43. The number of aromatic nitrogens is 2. The Balaban J connectivity index is 1.83. The van der Waals surface area contributed by atoms with Gasteiger partial charge in [-0.1, -0.05) is 6.08 Å². The maximum Gasteiger partial charge on any atom is 0.115 e. The topological polar surface area (TPSA) is 37.8 Å². The highest BCUT2D eigenvalue weighted by atomic mass is 15.0. The zero-order valence-electron chi connectivity index (χ0n) is 8.69. The van der Waals surface area contributed by atoms with Crippen molar-refractivity contribution >= 4 is 5.57 Å². The highest BCUT2D eigenvalue weighted by Crippen LogP contribution is 2.29. The van der Waals surface area contributed by atoms with Crippen LogP contribution in [-0.2, 0) is 0 Å². The van der Waals surface area contributed by atoms with Crippen molar-refractivity contribution in [2.24, 2.45) is 0 Å². The summed E-state index contributed by atoms with van der Waals surface area (Å²) >= 11 is 0. The van der Waals surface area contributed by atoms with Gasteiger partial charge in [0, 0.05) is 30.0 Å². The molecule has 1 N–H and O–H groups in total. The molecule has 0 radical (unpaired) electrons. The van der Waals surface area contributed by atoms with Crippen LogP contribution >= 0.6 is 0 Å². The van der Waals surface area contributed by atoms with Crippen molar-refractivity contribution in [1.29, 1.82) is 0 Å².